The van der Waals surface area contributed by atoms with Gasteiger partial charge in [0.2, 0.25) is 0 Å². The van der Waals surface area contributed by atoms with Gasteiger partial charge in [0.1, 0.15) is 5.83 Å². The van der Waals surface area contributed by atoms with Crippen molar-refractivity contribution in [3.8, 4) is 0 Å². The Morgan fingerprint density at radius 2 is 1.70 bits per heavy atom. The molecule has 0 heterocycles. The van der Waals surface area contributed by atoms with Gasteiger partial charge in [-0.05, 0) is 40.7 Å². The van der Waals surface area contributed by atoms with E-state index in [1.165, 1.54) is 6.08 Å². The molecule has 0 spiro atoms. The van der Waals surface area contributed by atoms with E-state index in [9.17, 15) is 9.18 Å². The fraction of sp³-hybridized carbons (Fsp3) is 0.370. The first-order valence-electron chi connectivity index (χ1n) is 10.4. The first kappa shape index (κ1) is 27.3. The van der Waals surface area contributed by atoms with Crippen molar-refractivity contribution >= 4 is 5.97 Å². The second kappa shape index (κ2) is 14.3. The molecule has 0 aromatic rings. The molecule has 0 aliphatic rings. The molecule has 0 aliphatic heterocycles. The van der Waals surface area contributed by atoms with E-state index in [1.54, 1.807) is 0 Å². The third kappa shape index (κ3) is 10.2. The summed E-state index contributed by atoms with van der Waals surface area (Å²) in [5.74, 6) is -0.593. The standard InChI is InChI=1S/C27H37FO2/c1-10-19(4)13-14-21(6)24(9)26(28)18-22(7)23(8)25(17-20(5)11-2)15-16-30-27(29)12-3/h12-14,17-19,21H,3,5,7-11,15-16H2,1-2,4,6H3/b14-13-,25-17-,26-18+. The molecule has 0 radical (unpaired) electrons. The summed E-state index contributed by atoms with van der Waals surface area (Å²) in [5.41, 5.74) is 3.10. The van der Waals surface area contributed by atoms with Gasteiger partial charge in [-0.25, -0.2) is 9.18 Å². The third-order valence-electron chi connectivity index (χ3n) is 4.92. The lowest BCUT2D eigenvalue weighted by Gasteiger charge is -2.14. The second-order valence-electron chi connectivity index (χ2n) is 7.38. The van der Waals surface area contributed by atoms with Gasteiger partial charge in [-0.1, -0.05) is 90.8 Å². The molecule has 3 heteroatoms. The van der Waals surface area contributed by atoms with Gasteiger partial charge in [0.25, 0.3) is 0 Å². The van der Waals surface area contributed by atoms with Crippen molar-refractivity contribution in [3.05, 3.63) is 97.0 Å². The number of carbonyl (C=O) groups excluding carboxylic acids is 1. The smallest absolute Gasteiger partial charge is 0.330 e. The van der Waals surface area contributed by atoms with E-state index in [1.807, 2.05) is 26.0 Å². The van der Waals surface area contributed by atoms with Crippen molar-refractivity contribution in [2.75, 3.05) is 6.61 Å². The lowest BCUT2D eigenvalue weighted by atomic mass is 9.93. The van der Waals surface area contributed by atoms with Gasteiger partial charge >= 0.3 is 5.97 Å². The minimum atomic E-state index is -0.491. The van der Waals surface area contributed by atoms with Crippen molar-refractivity contribution < 1.29 is 13.9 Å². The predicted molar refractivity (Wildman–Crippen MR) is 128 cm³/mol. The summed E-state index contributed by atoms with van der Waals surface area (Å²) in [6.07, 6.45) is 10.6. The Bertz CT molecular complexity index is 762. The lowest BCUT2D eigenvalue weighted by Crippen LogP contribution is -2.04. The molecular formula is C27H37FO2. The SMILES string of the molecule is C=CC(=O)OCC/C(=C/C(=C)CC)C(=C)C(=C)/C=C(/F)C(=C)C(C)/C=C\C(C)CC. The highest BCUT2D eigenvalue weighted by atomic mass is 19.1. The van der Waals surface area contributed by atoms with Gasteiger partial charge in [0, 0.05) is 18.4 Å². The Morgan fingerprint density at radius 3 is 2.23 bits per heavy atom. The zero-order valence-electron chi connectivity index (χ0n) is 19.1. The number of allylic oxidation sites excluding steroid dienone is 9. The summed E-state index contributed by atoms with van der Waals surface area (Å²) in [6.45, 7) is 27.6. The van der Waals surface area contributed by atoms with Gasteiger partial charge in [0.05, 0.1) is 6.61 Å². The molecule has 164 valence electrons. The fourth-order valence-electron chi connectivity index (χ4n) is 2.34. The van der Waals surface area contributed by atoms with E-state index in [0.717, 1.165) is 30.1 Å². The average Bonchev–Trinajstić information content (AvgIpc) is 2.74. The van der Waals surface area contributed by atoms with E-state index < -0.39 is 11.8 Å². The number of carbonyl (C=O) groups is 1. The molecule has 0 bridgehead atoms. The molecule has 0 aromatic heterocycles. The van der Waals surface area contributed by atoms with Crippen molar-refractivity contribution in [2.45, 2.75) is 47.0 Å². The van der Waals surface area contributed by atoms with E-state index in [4.69, 9.17) is 4.74 Å². The molecule has 0 N–H and O–H groups in total. The van der Waals surface area contributed by atoms with Crippen LogP contribution in [0.2, 0.25) is 0 Å². The van der Waals surface area contributed by atoms with Gasteiger partial charge in [-0.15, -0.1) is 0 Å². The molecule has 0 saturated heterocycles. The van der Waals surface area contributed by atoms with E-state index in [2.05, 4.69) is 52.8 Å². The maximum Gasteiger partial charge on any atom is 0.330 e. The maximum absolute atomic E-state index is 14.8. The zero-order chi connectivity index (χ0) is 23.3. The molecular weight excluding hydrogens is 375 g/mol. The Hall–Kier alpha value is -2.68. The molecule has 0 aromatic carbocycles. The van der Waals surface area contributed by atoms with Crippen LogP contribution in [0, 0.1) is 11.8 Å². The van der Waals surface area contributed by atoms with Gasteiger partial charge < -0.3 is 4.74 Å². The number of halogens is 1. The van der Waals surface area contributed by atoms with Crippen LogP contribution in [0.4, 0.5) is 4.39 Å². The quantitative estimate of drug-likeness (QED) is 0.126. The van der Waals surface area contributed by atoms with Crippen LogP contribution in [-0.4, -0.2) is 12.6 Å². The summed E-state index contributed by atoms with van der Waals surface area (Å²) in [5, 5.41) is 0. The van der Waals surface area contributed by atoms with E-state index >= 15 is 0 Å². The molecule has 2 unspecified atom stereocenters. The van der Waals surface area contributed by atoms with Crippen molar-refractivity contribution in [2.24, 2.45) is 11.8 Å². The average molecular weight is 413 g/mol. The zero-order valence-corrected chi connectivity index (χ0v) is 19.1. The van der Waals surface area contributed by atoms with Crippen molar-refractivity contribution in [1.29, 1.82) is 0 Å². The van der Waals surface area contributed by atoms with Crippen molar-refractivity contribution in [3.63, 3.8) is 0 Å². The summed E-state index contributed by atoms with van der Waals surface area (Å²) < 4.78 is 19.8. The minimum absolute atomic E-state index is 0.121. The highest BCUT2D eigenvalue weighted by Gasteiger charge is 2.12. The van der Waals surface area contributed by atoms with Crippen molar-refractivity contribution in [1.82, 2.24) is 0 Å². The molecule has 2 nitrogen and oxygen atoms in total. The van der Waals surface area contributed by atoms with Crippen LogP contribution < -0.4 is 0 Å². The van der Waals surface area contributed by atoms with Crippen LogP contribution >= 0.6 is 0 Å². The minimum Gasteiger partial charge on any atom is -0.462 e. The lowest BCUT2D eigenvalue weighted by molar-refractivity contribution is -0.137. The molecule has 0 aliphatic carbocycles. The monoisotopic (exact) mass is 412 g/mol. The first-order chi connectivity index (χ1) is 14.1. The molecule has 0 rings (SSSR count). The summed E-state index contributed by atoms with van der Waals surface area (Å²) in [7, 11) is 0. The van der Waals surface area contributed by atoms with Gasteiger partial charge in [-0.3, -0.25) is 0 Å². The van der Waals surface area contributed by atoms with Gasteiger partial charge in [-0.2, -0.15) is 0 Å². The molecule has 2 atom stereocenters. The van der Waals surface area contributed by atoms with Crippen LogP contribution in [0.1, 0.15) is 47.0 Å². The number of rotatable bonds is 14. The third-order valence-corrected chi connectivity index (χ3v) is 4.92. The molecule has 30 heavy (non-hydrogen) atoms. The molecule has 0 saturated carbocycles. The number of hydrogen-bond donors (Lipinski definition) is 0. The fourth-order valence-corrected chi connectivity index (χ4v) is 2.34. The highest BCUT2D eigenvalue weighted by Crippen LogP contribution is 2.27. The number of hydrogen-bond acceptors (Lipinski definition) is 2. The summed E-state index contributed by atoms with van der Waals surface area (Å²) in [4.78, 5) is 11.3. The van der Waals surface area contributed by atoms with Gasteiger partial charge in [0.15, 0.2) is 0 Å². The number of esters is 1. The van der Waals surface area contributed by atoms with Crippen LogP contribution in [-0.2, 0) is 9.53 Å². The Morgan fingerprint density at radius 1 is 1.07 bits per heavy atom. The molecule has 0 amide bonds. The summed E-state index contributed by atoms with van der Waals surface area (Å²) in [6, 6.07) is 0. The van der Waals surface area contributed by atoms with Crippen LogP contribution in [0.5, 0.6) is 0 Å². The van der Waals surface area contributed by atoms with Crippen LogP contribution in [0.15, 0.2) is 97.0 Å². The number of ether oxygens (including phenoxy) is 1. The van der Waals surface area contributed by atoms with Crippen LogP contribution in [0.3, 0.4) is 0 Å². The largest absolute Gasteiger partial charge is 0.462 e. The highest BCUT2D eigenvalue weighted by molar-refractivity contribution is 5.81. The Kier molecular flexibility index (Phi) is 13.0. The Labute approximate surface area is 182 Å². The van der Waals surface area contributed by atoms with Crippen LogP contribution in [0.25, 0.3) is 0 Å². The van der Waals surface area contributed by atoms with E-state index in [0.29, 0.717) is 29.1 Å². The van der Waals surface area contributed by atoms with E-state index in [-0.39, 0.29) is 12.5 Å². The maximum atomic E-state index is 14.8. The normalized spacial score (nSPS) is 14.2. The Balaban J connectivity index is 5.37. The predicted octanol–water partition coefficient (Wildman–Crippen LogP) is 7.76. The summed E-state index contributed by atoms with van der Waals surface area (Å²) >= 11 is 0. The first-order valence-corrected chi connectivity index (χ1v) is 10.4. The topological polar surface area (TPSA) is 26.3 Å². The second-order valence-corrected chi connectivity index (χ2v) is 7.38. The molecule has 0 fully saturated rings.